The maximum absolute atomic E-state index is 13.2. The standard InChI is InChI=1S/C26H27N5O3/c1-16-9-11-20(12-10-16)13-27-25(33)23-18(3)24-26(34)31(28-15-30(24)19(23)4)14-22(32)29-21-8-6-5-7-17(21)2/h5-12,15H,13-14H2,1-4H3,(H,27,33)(H,29,32). The van der Waals surface area contributed by atoms with Crippen LogP contribution in [0.1, 0.15) is 38.3 Å². The van der Waals surface area contributed by atoms with Gasteiger partial charge in [-0.15, -0.1) is 0 Å². The Morgan fingerprint density at radius 3 is 2.38 bits per heavy atom. The van der Waals surface area contributed by atoms with Crippen molar-refractivity contribution in [3.63, 3.8) is 0 Å². The van der Waals surface area contributed by atoms with Crippen LogP contribution in [0.3, 0.4) is 0 Å². The lowest BCUT2D eigenvalue weighted by molar-refractivity contribution is -0.117. The zero-order valence-corrected chi connectivity index (χ0v) is 19.7. The van der Waals surface area contributed by atoms with E-state index in [1.165, 1.54) is 6.33 Å². The summed E-state index contributed by atoms with van der Waals surface area (Å²) >= 11 is 0. The number of rotatable bonds is 6. The first-order valence-electron chi connectivity index (χ1n) is 11.0. The highest BCUT2D eigenvalue weighted by Crippen LogP contribution is 2.20. The maximum atomic E-state index is 13.2. The van der Waals surface area contributed by atoms with E-state index in [0.717, 1.165) is 21.4 Å². The number of hydrogen-bond acceptors (Lipinski definition) is 4. The van der Waals surface area contributed by atoms with Crippen molar-refractivity contribution in [2.45, 2.75) is 40.8 Å². The Kier molecular flexibility index (Phi) is 6.32. The van der Waals surface area contributed by atoms with Crippen molar-refractivity contribution in [2.75, 3.05) is 5.32 Å². The first kappa shape index (κ1) is 23.0. The third-order valence-electron chi connectivity index (χ3n) is 5.95. The van der Waals surface area contributed by atoms with Gasteiger partial charge in [0.15, 0.2) is 0 Å². The number of fused-ring (bicyclic) bond motifs is 1. The van der Waals surface area contributed by atoms with E-state index in [0.29, 0.717) is 34.6 Å². The average Bonchev–Trinajstić information content (AvgIpc) is 3.07. The summed E-state index contributed by atoms with van der Waals surface area (Å²) in [5.74, 6) is -0.618. The predicted molar refractivity (Wildman–Crippen MR) is 131 cm³/mol. The van der Waals surface area contributed by atoms with E-state index in [1.54, 1.807) is 24.3 Å². The summed E-state index contributed by atoms with van der Waals surface area (Å²) in [6.45, 7) is 7.56. The van der Waals surface area contributed by atoms with Crippen LogP contribution in [0.2, 0.25) is 0 Å². The molecule has 0 spiro atoms. The molecule has 2 N–H and O–H groups in total. The van der Waals surface area contributed by atoms with Gasteiger partial charge in [-0.2, -0.15) is 5.10 Å². The predicted octanol–water partition coefficient (Wildman–Crippen LogP) is 3.30. The van der Waals surface area contributed by atoms with Gasteiger partial charge in [-0.3, -0.25) is 18.8 Å². The smallest absolute Gasteiger partial charge is 0.291 e. The molecule has 0 aliphatic rings. The van der Waals surface area contributed by atoms with Gasteiger partial charge in [0.25, 0.3) is 11.5 Å². The molecular formula is C26H27N5O3. The minimum Gasteiger partial charge on any atom is -0.348 e. The lowest BCUT2D eigenvalue weighted by Gasteiger charge is -2.09. The van der Waals surface area contributed by atoms with Gasteiger partial charge in [-0.1, -0.05) is 48.0 Å². The van der Waals surface area contributed by atoms with Gasteiger partial charge >= 0.3 is 0 Å². The Morgan fingerprint density at radius 1 is 0.971 bits per heavy atom. The van der Waals surface area contributed by atoms with E-state index < -0.39 is 5.56 Å². The summed E-state index contributed by atoms with van der Waals surface area (Å²) in [5.41, 5.74) is 5.26. The number of aryl methyl sites for hydroxylation is 4. The normalized spacial score (nSPS) is 10.9. The third kappa shape index (κ3) is 4.47. The van der Waals surface area contributed by atoms with Crippen LogP contribution in [0.4, 0.5) is 5.69 Å². The molecule has 0 fully saturated rings. The average molecular weight is 458 g/mol. The zero-order valence-electron chi connectivity index (χ0n) is 19.7. The Labute approximate surface area is 197 Å². The summed E-state index contributed by atoms with van der Waals surface area (Å²) in [6, 6.07) is 15.3. The second kappa shape index (κ2) is 9.35. The molecule has 8 nitrogen and oxygen atoms in total. The van der Waals surface area contributed by atoms with Crippen molar-refractivity contribution in [3.05, 3.63) is 98.7 Å². The third-order valence-corrected chi connectivity index (χ3v) is 5.95. The largest absolute Gasteiger partial charge is 0.348 e. The van der Waals surface area contributed by atoms with Gasteiger partial charge < -0.3 is 10.6 Å². The van der Waals surface area contributed by atoms with Crippen molar-refractivity contribution in [1.82, 2.24) is 19.5 Å². The van der Waals surface area contributed by atoms with Gasteiger partial charge in [0.1, 0.15) is 18.4 Å². The van der Waals surface area contributed by atoms with E-state index >= 15 is 0 Å². The molecule has 2 aromatic heterocycles. The molecule has 0 aliphatic heterocycles. The molecule has 4 rings (SSSR count). The van der Waals surface area contributed by atoms with Crippen molar-refractivity contribution < 1.29 is 9.59 Å². The molecule has 2 amide bonds. The van der Waals surface area contributed by atoms with Crippen molar-refractivity contribution in [2.24, 2.45) is 0 Å². The molecule has 2 heterocycles. The van der Waals surface area contributed by atoms with Crippen LogP contribution in [-0.4, -0.2) is 26.0 Å². The summed E-state index contributed by atoms with van der Waals surface area (Å²) in [4.78, 5) is 38.7. The van der Waals surface area contributed by atoms with Crippen LogP contribution in [0.15, 0.2) is 59.7 Å². The van der Waals surface area contributed by atoms with Crippen LogP contribution in [-0.2, 0) is 17.9 Å². The molecule has 0 saturated heterocycles. The number of carbonyl (C=O) groups excluding carboxylic acids is 2. The van der Waals surface area contributed by atoms with E-state index in [1.807, 2.05) is 56.3 Å². The van der Waals surface area contributed by atoms with Crippen LogP contribution in [0, 0.1) is 27.7 Å². The first-order valence-corrected chi connectivity index (χ1v) is 11.0. The van der Waals surface area contributed by atoms with Crippen molar-refractivity contribution >= 4 is 23.0 Å². The Hall–Kier alpha value is -4.20. The quantitative estimate of drug-likeness (QED) is 0.464. The summed E-state index contributed by atoms with van der Waals surface area (Å²) in [5, 5.41) is 9.90. The summed E-state index contributed by atoms with van der Waals surface area (Å²) < 4.78 is 2.72. The molecular weight excluding hydrogens is 430 g/mol. The molecule has 34 heavy (non-hydrogen) atoms. The van der Waals surface area contributed by atoms with E-state index in [4.69, 9.17) is 0 Å². The number of amides is 2. The van der Waals surface area contributed by atoms with Crippen molar-refractivity contribution in [3.8, 4) is 0 Å². The Balaban J connectivity index is 1.58. The van der Waals surface area contributed by atoms with Gasteiger partial charge in [0.05, 0.1) is 5.56 Å². The molecule has 174 valence electrons. The first-order chi connectivity index (χ1) is 16.3. The lowest BCUT2D eigenvalue weighted by atomic mass is 10.1. The fourth-order valence-corrected chi connectivity index (χ4v) is 4.02. The topological polar surface area (TPSA) is 97.5 Å². The highest BCUT2D eigenvalue weighted by molar-refractivity contribution is 5.99. The summed E-state index contributed by atoms with van der Waals surface area (Å²) in [6.07, 6.45) is 1.47. The molecule has 0 bridgehead atoms. The van der Waals surface area contributed by atoms with Crippen LogP contribution in [0.25, 0.3) is 5.52 Å². The van der Waals surface area contributed by atoms with Gasteiger partial charge in [0.2, 0.25) is 5.91 Å². The van der Waals surface area contributed by atoms with Crippen LogP contribution < -0.4 is 16.2 Å². The van der Waals surface area contributed by atoms with E-state index in [2.05, 4.69) is 15.7 Å². The van der Waals surface area contributed by atoms with E-state index in [9.17, 15) is 14.4 Å². The molecule has 0 aliphatic carbocycles. The number of anilines is 1. The van der Waals surface area contributed by atoms with E-state index in [-0.39, 0.29) is 18.4 Å². The van der Waals surface area contributed by atoms with Gasteiger partial charge in [0, 0.05) is 17.9 Å². The summed E-state index contributed by atoms with van der Waals surface area (Å²) in [7, 11) is 0. The monoisotopic (exact) mass is 457 g/mol. The number of nitrogens with zero attached hydrogens (tertiary/aromatic N) is 3. The second-order valence-corrected chi connectivity index (χ2v) is 8.43. The highest BCUT2D eigenvalue weighted by Gasteiger charge is 2.22. The number of para-hydroxylation sites is 1. The number of hydrogen-bond donors (Lipinski definition) is 2. The number of nitrogens with one attached hydrogen (secondary N) is 2. The molecule has 0 saturated carbocycles. The SMILES string of the molecule is Cc1ccc(CNC(=O)c2c(C)c3c(=O)n(CC(=O)Nc4ccccc4C)ncn3c2C)cc1. The Morgan fingerprint density at radius 2 is 1.68 bits per heavy atom. The fourth-order valence-electron chi connectivity index (χ4n) is 4.02. The second-order valence-electron chi connectivity index (χ2n) is 8.43. The zero-order chi connectivity index (χ0) is 24.4. The minimum atomic E-state index is -0.430. The molecule has 8 heteroatoms. The van der Waals surface area contributed by atoms with Crippen LogP contribution in [0.5, 0.6) is 0 Å². The number of benzene rings is 2. The number of carbonyl (C=O) groups is 2. The Bertz CT molecular complexity index is 1450. The molecule has 2 aromatic carbocycles. The minimum absolute atomic E-state index is 0.234. The molecule has 0 unspecified atom stereocenters. The molecule has 0 atom stereocenters. The van der Waals surface area contributed by atoms with Gasteiger partial charge in [-0.05, 0) is 50.5 Å². The van der Waals surface area contributed by atoms with Crippen LogP contribution >= 0.6 is 0 Å². The highest BCUT2D eigenvalue weighted by atomic mass is 16.2. The van der Waals surface area contributed by atoms with Gasteiger partial charge in [-0.25, -0.2) is 4.68 Å². The van der Waals surface area contributed by atoms with Crippen molar-refractivity contribution in [1.29, 1.82) is 0 Å². The molecule has 0 radical (unpaired) electrons. The lowest BCUT2D eigenvalue weighted by Crippen LogP contribution is -2.31. The number of aromatic nitrogens is 3. The molecule has 4 aromatic rings. The maximum Gasteiger partial charge on any atom is 0.291 e. The fraction of sp³-hybridized carbons (Fsp3) is 0.231.